The molecule has 6 aromatic carbocycles. The predicted octanol–water partition coefficient (Wildman–Crippen LogP) is 10.2. The Hall–Kier alpha value is -10.2. The first-order valence-electron chi connectivity index (χ1n) is 34.4. The van der Waals surface area contributed by atoms with Crippen LogP contribution in [0.2, 0.25) is 0 Å². The minimum Gasteiger partial charge on any atom is -0.493 e. The number of benzene rings is 6. The number of likely N-dealkylation sites (N-methyl/N-ethyl adjacent to an activating group) is 3. The average molecular weight is 1380 g/mol. The van der Waals surface area contributed by atoms with Crippen molar-refractivity contribution in [1.29, 1.82) is 10.8 Å². The van der Waals surface area contributed by atoms with Crippen LogP contribution < -0.4 is 76.2 Å². The van der Waals surface area contributed by atoms with Gasteiger partial charge in [0, 0.05) is 170 Å². The fourth-order valence-electron chi connectivity index (χ4n) is 13.0. The van der Waals surface area contributed by atoms with Crippen LogP contribution in [0, 0.1) is 37.4 Å². The van der Waals surface area contributed by atoms with Crippen molar-refractivity contribution in [2.45, 2.75) is 111 Å². The Bertz CT molecular complexity index is 4280. The maximum atomic E-state index is 15.6. The summed E-state index contributed by atoms with van der Waals surface area (Å²) >= 11 is 0. The zero-order valence-corrected chi connectivity index (χ0v) is 60.7. The van der Waals surface area contributed by atoms with Crippen LogP contribution >= 0.6 is 0 Å². The summed E-state index contributed by atoms with van der Waals surface area (Å²) in [6, 6.07) is 25.5. The van der Waals surface area contributed by atoms with Crippen molar-refractivity contribution in [3.8, 4) is 34.1 Å². The van der Waals surface area contributed by atoms with Gasteiger partial charge in [-0.15, -0.1) is 0 Å². The third-order valence-electron chi connectivity index (χ3n) is 19.6. The number of anilines is 3. The number of methoxy groups -OCH3 is 3. The quantitative estimate of drug-likeness (QED) is 0.0181. The zero-order chi connectivity index (χ0) is 72.5. The van der Waals surface area contributed by atoms with Gasteiger partial charge in [-0.2, -0.15) is 5.10 Å². The molecule has 22 nitrogen and oxygen atoms in total. The standard InChI is InChI=1S/C78H98FN15O7/c1-44(2)101-75-70(58(31-81)35-86-33-56-22-66(94-42-63(43-94)84-11)29-69(47(56)5)78(97)90-50(8)53-24-71(59-36-87-91(12)37-59)74(100-15)72(25-53)98-13)23-52(26-73(75)99-14)49(7)89-77(96)68-28-65(93-40-62(41-93)83-10)21-55(46(68)4)32-85-34-57(30-80)54-18-51(19-60(79)20-54)48(6)88-76(95)67-27-64(17-16-45(67)3)92-38-61(39-92)82-9/h16-31,34-37,44,48-50,61-63,80-86H,32-33,38-43H2,1-15H3,(H,88,95)(H,89,96)(H,90,97)/b57-34+,58-35+,80-30?,81-31?/t48-,49-,50-/m1/s1. The molecule has 0 spiro atoms. The van der Waals surface area contributed by atoms with Crippen molar-refractivity contribution < 1.29 is 37.7 Å². The number of aryl methyl sites for hydroxylation is 2. The molecule has 3 saturated heterocycles. The molecule has 23 heteroatoms. The molecule has 3 amide bonds. The van der Waals surface area contributed by atoms with Gasteiger partial charge in [0.2, 0.25) is 0 Å². The van der Waals surface area contributed by atoms with Gasteiger partial charge in [-0.1, -0.05) is 6.07 Å². The molecule has 3 fully saturated rings. The number of nitrogens with one attached hydrogen (secondary N) is 10. The normalized spacial score (nSPS) is 15.2. The van der Waals surface area contributed by atoms with Gasteiger partial charge >= 0.3 is 0 Å². The molecule has 0 aliphatic carbocycles. The van der Waals surface area contributed by atoms with Crippen LogP contribution in [0.5, 0.6) is 23.0 Å². The van der Waals surface area contributed by atoms with Gasteiger partial charge in [0.1, 0.15) is 5.82 Å². The van der Waals surface area contributed by atoms with E-state index in [9.17, 15) is 14.4 Å². The Morgan fingerprint density at radius 3 is 1.50 bits per heavy atom. The molecule has 7 aromatic rings. The first-order valence-corrected chi connectivity index (χ1v) is 34.4. The van der Waals surface area contributed by atoms with Crippen molar-refractivity contribution >= 4 is 58.4 Å². The van der Waals surface area contributed by atoms with E-state index < -0.39 is 23.9 Å². The van der Waals surface area contributed by atoms with Gasteiger partial charge in [-0.3, -0.25) is 19.1 Å². The number of aromatic nitrogens is 2. The molecule has 3 aliphatic rings. The summed E-state index contributed by atoms with van der Waals surface area (Å²) in [5.41, 5.74) is 14.0. The number of rotatable bonds is 31. The first kappa shape index (κ1) is 73.5. The van der Waals surface area contributed by atoms with E-state index in [-0.39, 0.29) is 36.4 Å². The highest BCUT2D eigenvalue weighted by atomic mass is 19.1. The lowest BCUT2D eigenvalue weighted by atomic mass is 9.96. The molecule has 101 heavy (non-hydrogen) atoms. The van der Waals surface area contributed by atoms with E-state index in [1.807, 2.05) is 144 Å². The second-order valence-electron chi connectivity index (χ2n) is 26.8. The Balaban J connectivity index is 0.874. The zero-order valence-electron chi connectivity index (χ0n) is 60.7. The van der Waals surface area contributed by atoms with E-state index >= 15 is 4.39 Å². The average Bonchev–Trinajstić information content (AvgIpc) is 1.28. The number of nitrogens with zero attached hydrogens (tertiary/aromatic N) is 5. The number of ether oxygens (including phenoxy) is 4. The molecule has 4 heterocycles. The van der Waals surface area contributed by atoms with E-state index in [2.05, 4.69) is 74.5 Å². The van der Waals surface area contributed by atoms with E-state index in [1.54, 1.807) is 50.7 Å². The predicted molar refractivity (Wildman–Crippen MR) is 400 cm³/mol. The van der Waals surface area contributed by atoms with Crippen LogP contribution in [0.1, 0.15) is 139 Å². The molecule has 1 aromatic heterocycles. The maximum absolute atomic E-state index is 15.6. The van der Waals surface area contributed by atoms with Crippen molar-refractivity contribution in [2.24, 2.45) is 7.05 Å². The highest BCUT2D eigenvalue weighted by Gasteiger charge is 2.32. The lowest BCUT2D eigenvalue weighted by Crippen LogP contribution is -2.57. The number of amides is 3. The van der Waals surface area contributed by atoms with Crippen molar-refractivity contribution in [3.05, 3.63) is 188 Å². The topological polar surface area (TPSA) is 260 Å². The molecular weight excluding hydrogens is 1280 g/mol. The smallest absolute Gasteiger partial charge is 0.252 e. The Morgan fingerprint density at radius 2 is 1.03 bits per heavy atom. The summed E-state index contributed by atoms with van der Waals surface area (Å²) < 4.78 is 41.4. The Morgan fingerprint density at radius 1 is 0.564 bits per heavy atom. The summed E-state index contributed by atoms with van der Waals surface area (Å²) in [4.78, 5) is 50.0. The Kier molecular flexibility index (Phi) is 23.6. The molecule has 0 unspecified atom stereocenters. The summed E-state index contributed by atoms with van der Waals surface area (Å²) in [5, 5.41) is 48.2. The minimum absolute atomic E-state index is 0.244. The van der Waals surface area contributed by atoms with E-state index in [4.69, 9.17) is 29.8 Å². The van der Waals surface area contributed by atoms with Gasteiger partial charge < -0.3 is 87.0 Å². The third kappa shape index (κ3) is 16.7. The lowest BCUT2D eigenvalue weighted by Gasteiger charge is -2.41. The van der Waals surface area contributed by atoms with Crippen LogP contribution in [-0.4, -0.2) is 146 Å². The van der Waals surface area contributed by atoms with Crippen LogP contribution in [0.3, 0.4) is 0 Å². The number of hydrogen-bond acceptors (Lipinski definition) is 18. The maximum Gasteiger partial charge on any atom is 0.252 e. The summed E-state index contributed by atoms with van der Waals surface area (Å²) in [6.45, 7) is 20.6. The van der Waals surface area contributed by atoms with E-state index in [0.29, 0.717) is 91.7 Å². The molecule has 0 saturated carbocycles. The van der Waals surface area contributed by atoms with Gasteiger partial charge in [0.25, 0.3) is 17.7 Å². The van der Waals surface area contributed by atoms with Gasteiger partial charge in [-0.25, -0.2) is 4.39 Å². The second kappa shape index (κ2) is 32.4. The van der Waals surface area contributed by atoms with Crippen LogP contribution in [0.15, 0.2) is 110 Å². The Labute approximate surface area is 592 Å². The van der Waals surface area contributed by atoms with Gasteiger partial charge in [-0.05, 0) is 205 Å². The van der Waals surface area contributed by atoms with Crippen LogP contribution in [-0.2, 0) is 20.1 Å². The number of allylic oxidation sites excluding steroid dienone is 2. The number of carbonyl (C=O) groups excluding carboxylic acids is 3. The third-order valence-corrected chi connectivity index (χ3v) is 19.6. The minimum atomic E-state index is -0.579. The SMILES string of the molecule is CNC1CN(c2ccc(C)c(C(=O)N[C@H](C)c3cc(F)cc(/C(C=N)=C/NCc4cc(N5CC(NC)C5)cc(C(=O)N[C@H](C)c5cc(OC)c(OC(C)C)c(/C(C=N)=C/NCc6cc(N7CC(NC)C7)cc(C(=O)N[C@H](C)c7cc(OC)c(OC)c(-c8cnn(C)c8)c7)c6C)c5)c4C)c3)c2)C1. The highest BCUT2D eigenvalue weighted by Crippen LogP contribution is 2.42. The fourth-order valence-corrected chi connectivity index (χ4v) is 13.0. The molecule has 10 N–H and O–H groups in total. The van der Waals surface area contributed by atoms with Crippen LogP contribution in [0.25, 0.3) is 22.3 Å². The second-order valence-corrected chi connectivity index (χ2v) is 26.8. The monoisotopic (exact) mass is 1380 g/mol. The molecule has 3 aliphatic heterocycles. The summed E-state index contributed by atoms with van der Waals surface area (Å²) in [6.07, 6.45) is 9.25. The molecule has 10 rings (SSSR count). The molecular formula is C78H98FN15O7. The molecule has 3 atom stereocenters. The fraction of sp³-hybridized carbons (Fsp3) is 0.385. The summed E-state index contributed by atoms with van der Waals surface area (Å²) in [5.74, 6) is 0.611. The van der Waals surface area contributed by atoms with E-state index in [0.717, 1.165) is 107 Å². The van der Waals surface area contributed by atoms with Gasteiger partial charge in [0.05, 0.1) is 51.8 Å². The number of halogens is 1. The van der Waals surface area contributed by atoms with Gasteiger partial charge in [0.15, 0.2) is 23.0 Å². The molecule has 0 bridgehead atoms. The lowest BCUT2D eigenvalue weighted by molar-refractivity contribution is 0.0930. The first-order chi connectivity index (χ1) is 48.5. The summed E-state index contributed by atoms with van der Waals surface area (Å²) in [7, 11) is 12.4. The van der Waals surface area contributed by atoms with E-state index in [1.165, 1.54) is 18.3 Å². The number of hydrogen-bond donors (Lipinski definition) is 10. The van der Waals surface area contributed by atoms with Crippen molar-refractivity contribution in [3.63, 3.8) is 0 Å². The number of carbonyl (C=O) groups is 3. The molecule has 0 radical (unpaired) electrons. The largest absolute Gasteiger partial charge is 0.493 e. The van der Waals surface area contributed by atoms with Crippen LogP contribution in [0.4, 0.5) is 21.5 Å². The van der Waals surface area contributed by atoms with Crippen molar-refractivity contribution in [1.82, 2.24) is 52.3 Å². The molecule has 534 valence electrons. The highest BCUT2D eigenvalue weighted by molar-refractivity contribution is 6.10. The van der Waals surface area contributed by atoms with Crippen molar-refractivity contribution in [2.75, 3.05) is 96.4 Å².